The van der Waals surface area contributed by atoms with Crippen molar-refractivity contribution in [3.63, 3.8) is 0 Å². The first-order valence-electron chi connectivity index (χ1n) is 10.7. The number of amides is 1. The Bertz CT molecular complexity index is 996. The fourth-order valence-corrected chi connectivity index (χ4v) is 5.60. The number of nitrogens with zero attached hydrogens (tertiary/aromatic N) is 4. The van der Waals surface area contributed by atoms with Crippen molar-refractivity contribution in [1.29, 1.82) is 0 Å². The van der Waals surface area contributed by atoms with Gasteiger partial charge in [-0.25, -0.2) is 9.36 Å². The minimum atomic E-state index is -0.250. The van der Waals surface area contributed by atoms with Gasteiger partial charge in [0.25, 0.3) is 12.4 Å². The molecule has 0 saturated carbocycles. The number of hydrogen-bond acceptors (Lipinski definition) is 6. The van der Waals surface area contributed by atoms with E-state index in [4.69, 9.17) is 9.90 Å². The molecule has 0 radical (unpaired) electrons. The Kier molecular flexibility index (Phi) is 6.96. The molecule has 8 nitrogen and oxygen atoms in total. The van der Waals surface area contributed by atoms with Crippen molar-refractivity contribution in [3.8, 4) is 0 Å². The molecule has 0 spiro atoms. The molecular weight excluding hydrogens is 426 g/mol. The Balaban J connectivity index is 0.000000775. The first-order chi connectivity index (χ1) is 15.6. The van der Waals surface area contributed by atoms with Crippen molar-refractivity contribution >= 4 is 23.9 Å². The van der Waals surface area contributed by atoms with E-state index in [-0.39, 0.29) is 17.8 Å². The van der Waals surface area contributed by atoms with Crippen LogP contribution >= 0.6 is 11.5 Å². The highest BCUT2D eigenvalue weighted by atomic mass is 32.1. The Morgan fingerprint density at radius 1 is 1.22 bits per heavy atom. The molecule has 168 valence electrons. The summed E-state index contributed by atoms with van der Waals surface area (Å²) >= 11 is 1.29. The Labute approximate surface area is 191 Å². The molecule has 2 N–H and O–H groups in total. The van der Waals surface area contributed by atoms with Gasteiger partial charge in [-0.05, 0) is 41.9 Å². The van der Waals surface area contributed by atoms with E-state index in [1.807, 2.05) is 18.5 Å². The van der Waals surface area contributed by atoms with Crippen LogP contribution < -0.4 is 0 Å². The Morgan fingerprint density at radius 3 is 2.72 bits per heavy atom. The molecule has 1 aromatic carbocycles. The summed E-state index contributed by atoms with van der Waals surface area (Å²) in [6, 6.07) is 12.5. The van der Waals surface area contributed by atoms with Gasteiger partial charge in [0.2, 0.25) is 0 Å². The molecule has 2 aromatic heterocycles. The number of fused-ring (bicyclic) bond motifs is 1. The molecule has 0 bridgehead atoms. The summed E-state index contributed by atoms with van der Waals surface area (Å²) in [6.45, 7) is 4.29. The summed E-state index contributed by atoms with van der Waals surface area (Å²) in [5, 5.41) is 6.89. The van der Waals surface area contributed by atoms with Crippen LogP contribution in [0.2, 0.25) is 0 Å². The van der Waals surface area contributed by atoms with Gasteiger partial charge >= 0.3 is 0 Å². The number of nitrogens with one attached hydrogen (secondary N) is 1. The number of aryl methyl sites for hydroxylation is 1. The van der Waals surface area contributed by atoms with Gasteiger partial charge in [-0.2, -0.15) is 0 Å². The van der Waals surface area contributed by atoms with Crippen LogP contribution in [0, 0.1) is 11.3 Å². The highest BCUT2D eigenvalue weighted by Crippen LogP contribution is 2.46. The molecule has 9 heteroatoms. The summed E-state index contributed by atoms with van der Waals surface area (Å²) in [5.41, 5.74) is 1.51. The predicted octanol–water partition coefficient (Wildman–Crippen LogP) is 2.77. The van der Waals surface area contributed by atoms with Gasteiger partial charge in [-0.1, -0.05) is 30.3 Å². The number of hydrogen-bond donors (Lipinski definition) is 2. The maximum Gasteiger partial charge on any atom is 0.290 e. The van der Waals surface area contributed by atoms with Gasteiger partial charge in [0.1, 0.15) is 10.7 Å². The summed E-state index contributed by atoms with van der Waals surface area (Å²) in [6.07, 6.45) is 7.56. The Morgan fingerprint density at radius 2 is 2.03 bits per heavy atom. The lowest BCUT2D eigenvalue weighted by Gasteiger charge is -2.29. The highest BCUT2D eigenvalue weighted by Gasteiger charge is 2.53. The number of carbonyl (C=O) groups excluding carboxylic acids is 1. The van der Waals surface area contributed by atoms with E-state index in [0.717, 1.165) is 56.3 Å². The maximum atomic E-state index is 13.0. The number of aromatic nitrogens is 3. The largest absolute Gasteiger partial charge is 0.483 e. The number of imidazole rings is 1. The fraction of sp³-hybridized carbons (Fsp3) is 0.391. The van der Waals surface area contributed by atoms with E-state index < -0.39 is 0 Å². The van der Waals surface area contributed by atoms with Gasteiger partial charge in [-0.15, -0.1) is 0 Å². The molecule has 2 saturated heterocycles. The van der Waals surface area contributed by atoms with E-state index in [0.29, 0.717) is 5.92 Å². The number of benzene rings is 1. The lowest BCUT2D eigenvalue weighted by atomic mass is 9.76. The van der Waals surface area contributed by atoms with E-state index in [2.05, 4.69) is 54.5 Å². The van der Waals surface area contributed by atoms with Crippen LogP contribution in [0.5, 0.6) is 0 Å². The lowest BCUT2D eigenvalue weighted by Crippen LogP contribution is -2.37. The second kappa shape index (κ2) is 10.1. The number of H-pyrrole nitrogens is 1. The first-order valence-corrected chi connectivity index (χ1v) is 11.4. The Hall–Kier alpha value is -3.04. The van der Waals surface area contributed by atoms with Gasteiger partial charge in [-0.3, -0.25) is 14.5 Å². The molecule has 2 fully saturated rings. The number of rotatable bonds is 6. The van der Waals surface area contributed by atoms with Crippen molar-refractivity contribution in [3.05, 3.63) is 71.3 Å². The van der Waals surface area contributed by atoms with Crippen molar-refractivity contribution in [2.24, 2.45) is 11.3 Å². The minimum absolute atomic E-state index is 0.138. The van der Waals surface area contributed by atoms with Crippen LogP contribution in [0.15, 0.2) is 55.0 Å². The molecule has 3 aromatic rings. The zero-order valence-electron chi connectivity index (χ0n) is 17.8. The number of carbonyl (C=O) groups is 2. The molecule has 2 aliphatic rings. The van der Waals surface area contributed by atoms with Crippen LogP contribution in [0.1, 0.15) is 27.5 Å². The van der Waals surface area contributed by atoms with Crippen LogP contribution in [-0.2, 0) is 17.8 Å². The van der Waals surface area contributed by atoms with Gasteiger partial charge < -0.3 is 15.0 Å². The normalized spacial score (nSPS) is 22.2. The number of aromatic amines is 1. The van der Waals surface area contributed by atoms with Crippen LogP contribution in [0.25, 0.3) is 0 Å². The van der Waals surface area contributed by atoms with Gasteiger partial charge in [0.15, 0.2) is 0 Å². The first kappa shape index (κ1) is 22.2. The molecule has 2 unspecified atom stereocenters. The van der Waals surface area contributed by atoms with E-state index >= 15 is 0 Å². The zero-order chi connectivity index (χ0) is 22.4. The second-order valence-electron chi connectivity index (χ2n) is 8.42. The molecule has 5 rings (SSSR count). The average Bonchev–Trinajstić information content (AvgIpc) is 3.58. The smallest absolute Gasteiger partial charge is 0.290 e. The van der Waals surface area contributed by atoms with E-state index in [1.165, 1.54) is 17.1 Å². The SMILES string of the molecule is O=C(c1ccns1)N1CC2CN(Cc3ncc[nH]3)CC2(CCc2ccccc2)C1.O=CO. The summed E-state index contributed by atoms with van der Waals surface area (Å²) < 4.78 is 4.11. The molecule has 0 aliphatic carbocycles. The molecule has 4 heterocycles. The molecular formula is C23H27N5O3S. The second-order valence-corrected chi connectivity index (χ2v) is 9.25. The number of carboxylic acid groups (broad SMARTS) is 1. The third-order valence-corrected chi connectivity index (χ3v) is 7.18. The van der Waals surface area contributed by atoms with Crippen LogP contribution in [0.4, 0.5) is 0 Å². The van der Waals surface area contributed by atoms with Gasteiger partial charge in [0, 0.05) is 50.2 Å². The third-order valence-electron chi connectivity index (χ3n) is 6.45. The van der Waals surface area contributed by atoms with Crippen LogP contribution in [-0.4, -0.2) is 67.8 Å². The lowest BCUT2D eigenvalue weighted by molar-refractivity contribution is -0.122. The summed E-state index contributed by atoms with van der Waals surface area (Å²) in [5.74, 6) is 1.65. The standard InChI is InChI=1S/C22H25N5OS.CH2O2/c28-21(19-7-9-25-29-19)27-13-18-12-26(14-20-23-10-11-24-20)15-22(18,16-27)8-6-17-4-2-1-3-5-17;2-1-3/h1-5,7,9-11,18H,6,8,12-16H2,(H,23,24);1H,(H,2,3). The minimum Gasteiger partial charge on any atom is -0.483 e. The van der Waals surface area contributed by atoms with Crippen molar-refractivity contribution in [2.45, 2.75) is 19.4 Å². The topological polar surface area (TPSA) is 102 Å². The predicted molar refractivity (Wildman–Crippen MR) is 121 cm³/mol. The average molecular weight is 454 g/mol. The summed E-state index contributed by atoms with van der Waals surface area (Å²) in [7, 11) is 0. The highest BCUT2D eigenvalue weighted by molar-refractivity contribution is 7.08. The monoisotopic (exact) mass is 453 g/mol. The van der Waals surface area contributed by atoms with Crippen LogP contribution in [0.3, 0.4) is 0 Å². The van der Waals surface area contributed by atoms with Gasteiger partial charge in [0.05, 0.1) is 6.54 Å². The molecule has 1 amide bonds. The molecule has 2 aliphatic heterocycles. The summed E-state index contributed by atoms with van der Waals surface area (Å²) in [4.78, 5) is 34.3. The molecule has 32 heavy (non-hydrogen) atoms. The fourth-order valence-electron chi connectivity index (χ4n) is 5.04. The van der Waals surface area contributed by atoms with E-state index in [1.54, 1.807) is 6.20 Å². The van der Waals surface area contributed by atoms with Crippen molar-refractivity contribution < 1.29 is 14.7 Å². The molecule has 2 atom stereocenters. The quantitative estimate of drug-likeness (QED) is 0.557. The zero-order valence-corrected chi connectivity index (χ0v) is 18.6. The maximum absolute atomic E-state index is 13.0. The van der Waals surface area contributed by atoms with Crippen molar-refractivity contribution in [2.75, 3.05) is 26.2 Å². The third kappa shape index (κ3) is 4.89. The number of likely N-dealkylation sites (tertiary alicyclic amines) is 2. The van der Waals surface area contributed by atoms with E-state index in [9.17, 15) is 4.79 Å². The van der Waals surface area contributed by atoms with Crippen molar-refractivity contribution in [1.82, 2.24) is 24.1 Å².